The molecule has 28 heavy (non-hydrogen) atoms. The zero-order valence-corrected chi connectivity index (χ0v) is 15.8. The van der Waals surface area contributed by atoms with Gasteiger partial charge in [0, 0.05) is 29.7 Å². The van der Waals surface area contributed by atoms with Crippen molar-refractivity contribution < 1.29 is 18.7 Å². The predicted octanol–water partition coefficient (Wildman–Crippen LogP) is 3.75. The second-order valence-electron chi connectivity index (χ2n) is 7.87. The van der Waals surface area contributed by atoms with E-state index in [-0.39, 0.29) is 18.4 Å². The molecular weight excluding hydrogens is 359 g/mol. The topological polar surface area (TPSA) is 53.4 Å². The molecule has 1 aliphatic carbocycles. The van der Waals surface area contributed by atoms with Crippen LogP contribution in [-0.2, 0) is 40.3 Å². The normalized spacial score (nSPS) is 19.4. The molecule has 1 unspecified atom stereocenters. The maximum Gasteiger partial charge on any atom is 0.340 e. The number of cyclic esters (lactones) is 1. The Bertz CT molecular complexity index is 1210. The molecule has 5 nitrogen and oxygen atoms in total. The lowest BCUT2D eigenvalue weighted by atomic mass is 9.84. The highest BCUT2D eigenvalue weighted by atomic mass is 19.1. The number of aryl methyl sites for hydroxylation is 2. The van der Waals surface area contributed by atoms with Gasteiger partial charge in [0.1, 0.15) is 12.4 Å². The van der Waals surface area contributed by atoms with Gasteiger partial charge in [0.05, 0.1) is 29.1 Å². The monoisotopic (exact) mass is 378 g/mol. The summed E-state index contributed by atoms with van der Waals surface area (Å²) >= 11 is 0. The number of benzene rings is 1. The van der Waals surface area contributed by atoms with Crippen LogP contribution in [0.2, 0.25) is 0 Å². The van der Waals surface area contributed by atoms with E-state index in [1.165, 1.54) is 18.2 Å². The summed E-state index contributed by atoms with van der Waals surface area (Å²) in [6.07, 6.45) is 2.22. The number of methoxy groups -OCH3 is 1. The van der Waals surface area contributed by atoms with Crippen LogP contribution < -0.4 is 0 Å². The van der Waals surface area contributed by atoms with Crippen LogP contribution in [0.5, 0.6) is 0 Å². The molecule has 1 aromatic carbocycles. The van der Waals surface area contributed by atoms with Crippen LogP contribution in [0.4, 0.5) is 4.39 Å². The van der Waals surface area contributed by atoms with Gasteiger partial charge >= 0.3 is 5.97 Å². The van der Waals surface area contributed by atoms with Gasteiger partial charge in [-0.15, -0.1) is 0 Å². The number of carbonyl (C=O) groups is 1. The molecule has 3 aliphatic rings. The number of esters is 1. The van der Waals surface area contributed by atoms with Crippen LogP contribution in [0.15, 0.2) is 12.1 Å². The minimum Gasteiger partial charge on any atom is -0.457 e. The second kappa shape index (κ2) is 5.41. The third-order valence-electron chi connectivity index (χ3n) is 6.55. The molecule has 0 fully saturated rings. The Kier molecular flexibility index (Phi) is 3.14. The Hall–Kier alpha value is -2.73. The molecule has 0 saturated heterocycles. The van der Waals surface area contributed by atoms with Gasteiger partial charge < -0.3 is 14.0 Å². The number of pyridine rings is 1. The molecule has 142 valence electrons. The van der Waals surface area contributed by atoms with Gasteiger partial charge in [0.25, 0.3) is 0 Å². The summed E-state index contributed by atoms with van der Waals surface area (Å²) < 4.78 is 27.4. The number of ether oxygens (including phenoxy) is 2. The zero-order valence-electron chi connectivity index (χ0n) is 15.8. The van der Waals surface area contributed by atoms with Crippen LogP contribution in [0.1, 0.15) is 46.0 Å². The highest BCUT2D eigenvalue weighted by Crippen LogP contribution is 2.45. The molecule has 2 aliphatic heterocycles. The van der Waals surface area contributed by atoms with Crippen molar-refractivity contribution in [3.05, 3.63) is 51.5 Å². The Balaban J connectivity index is 1.63. The molecule has 0 amide bonds. The van der Waals surface area contributed by atoms with E-state index in [4.69, 9.17) is 14.5 Å². The lowest BCUT2D eigenvalue weighted by molar-refractivity contribution is -0.160. The number of rotatable bonds is 1. The first-order valence-corrected chi connectivity index (χ1v) is 9.64. The molecule has 1 atom stereocenters. The number of halogens is 1. The fourth-order valence-corrected chi connectivity index (χ4v) is 5.20. The summed E-state index contributed by atoms with van der Waals surface area (Å²) in [5, 5.41) is 1.14. The molecule has 6 rings (SSSR count). The van der Waals surface area contributed by atoms with E-state index < -0.39 is 6.10 Å². The number of nitrogens with zero attached hydrogens (tertiary/aromatic N) is 2. The van der Waals surface area contributed by atoms with Gasteiger partial charge in [-0.1, -0.05) is 0 Å². The minimum atomic E-state index is -0.698. The first kappa shape index (κ1) is 16.2. The van der Waals surface area contributed by atoms with Gasteiger partial charge in [-0.05, 0) is 48.9 Å². The fourth-order valence-electron chi connectivity index (χ4n) is 5.20. The van der Waals surface area contributed by atoms with Crippen LogP contribution >= 0.6 is 0 Å². The predicted molar refractivity (Wildman–Crippen MR) is 101 cm³/mol. The van der Waals surface area contributed by atoms with E-state index in [0.717, 1.165) is 63.9 Å². The van der Waals surface area contributed by atoms with Crippen LogP contribution in [0, 0.1) is 12.7 Å². The zero-order chi connectivity index (χ0) is 19.2. The average Bonchev–Trinajstić information content (AvgIpc) is 3.22. The van der Waals surface area contributed by atoms with Crippen molar-refractivity contribution in [2.75, 3.05) is 7.11 Å². The molecule has 0 spiro atoms. The number of hydrogen-bond acceptors (Lipinski definition) is 4. The third kappa shape index (κ3) is 1.88. The van der Waals surface area contributed by atoms with E-state index in [0.29, 0.717) is 6.54 Å². The molecule has 0 saturated carbocycles. The van der Waals surface area contributed by atoms with Crippen molar-refractivity contribution in [1.29, 1.82) is 0 Å². The highest BCUT2D eigenvalue weighted by molar-refractivity contribution is 5.92. The maximum atomic E-state index is 14.5. The van der Waals surface area contributed by atoms with E-state index in [2.05, 4.69) is 4.57 Å². The largest absolute Gasteiger partial charge is 0.457 e. The summed E-state index contributed by atoms with van der Waals surface area (Å²) in [5.74, 6) is -0.544. The molecule has 0 radical (unpaired) electrons. The van der Waals surface area contributed by atoms with Gasteiger partial charge in [0.15, 0.2) is 6.10 Å². The Labute approximate surface area is 161 Å². The van der Waals surface area contributed by atoms with Crippen molar-refractivity contribution >= 4 is 16.9 Å². The lowest BCUT2D eigenvalue weighted by Crippen LogP contribution is -2.25. The van der Waals surface area contributed by atoms with Gasteiger partial charge in [-0.2, -0.15) is 0 Å². The maximum absolute atomic E-state index is 14.5. The third-order valence-corrected chi connectivity index (χ3v) is 6.55. The highest BCUT2D eigenvalue weighted by Gasteiger charge is 2.37. The van der Waals surface area contributed by atoms with Crippen molar-refractivity contribution in [2.45, 2.75) is 45.4 Å². The molecule has 4 heterocycles. The second-order valence-corrected chi connectivity index (χ2v) is 7.87. The smallest absolute Gasteiger partial charge is 0.340 e. The fraction of sp³-hybridized carbons (Fsp3) is 0.364. The van der Waals surface area contributed by atoms with Crippen molar-refractivity contribution in [1.82, 2.24) is 9.55 Å². The summed E-state index contributed by atoms with van der Waals surface area (Å²) in [5.41, 5.74) is 8.80. The molecule has 0 bridgehead atoms. The molecule has 2 aromatic heterocycles. The summed E-state index contributed by atoms with van der Waals surface area (Å²) in [6, 6.07) is 3.56. The number of fused-ring (bicyclic) bond motifs is 6. The van der Waals surface area contributed by atoms with Crippen LogP contribution in [0.3, 0.4) is 0 Å². The van der Waals surface area contributed by atoms with Crippen molar-refractivity contribution in [3.63, 3.8) is 0 Å². The van der Waals surface area contributed by atoms with Crippen LogP contribution in [-0.4, -0.2) is 22.6 Å². The summed E-state index contributed by atoms with van der Waals surface area (Å²) in [7, 11) is 1.51. The quantitative estimate of drug-likeness (QED) is 0.474. The Morgan fingerprint density at radius 1 is 1.25 bits per heavy atom. The molecule has 0 N–H and O–H groups in total. The Morgan fingerprint density at radius 3 is 2.89 bits per heavy atom. The van der Waals surface area contributed by atoms with E-state index >= 15 is 0 Å². The van der Waals surface area contributed by atoms with Crippen LogP contribution in [0.25, 0.3) is 22.3 Å². The molecule has 6 heteroatoms. The first-order valence-electron chi connectivity index (χ1n) is 9.64. The summed E-state index contributed by atoms with van der Waals surface area (Å²) in [6.45, 7) is 2.82. The minimum absolute atomic E-state index is 0.186. The van der Waals surface area contributed by atoms with E-state index in [1.54, 1.807) is 6.07 Å². The Morgan fingerprint density at radius 2 is 2.07 bits per heavy atom. The first-order chi connectivity index (χ1) is 13.6. The average molecular weight is 378 g/mol. The van der Waals surface area contributed by atoms with Gasteiger partial charge in [0.2, 0.25) is 0 Å². The number of hydrogen-bond donors (Lipinski definition) is 0. The van der Waals surface area contributed by atoms with Crippen molar-refractivity contribution in [2.24, 2.45) is 0 Å². The van der Waals surface area contributed by atoms with Gasteiger partial charge in [-0.25, -0.2) is 14.2 Å². The molecular formula is C22H19FN2O3. The lowest BCUT2D eigenvalue weighted by Gasteiger charge is -2.23. The SMILES string of the molecule is COC1C(=O)OCc2c1cc1n2Cc2c-1nc1cc(F)c(C)c3c1c2CCC3. The standard InChI is InChI=1S/C22H19FN2O3/c1-10-11-4-3-5-12-14-8-25-17(20(14)24-16(19(11)12)7-15(10)23)6-13-18(25)9-28-22(26)21(13)27-2/h6-7,21H,3-5,8-9H2,1-2H3. The number of carbonyl (C=O) groups excluding carboxylic acids is 1. The van der Waals surface area contributed by atoms with Crippen molar-refractivity contribution in [3.8, 4) is 11.4 Å². The van der Waals surface area contributed by atoms with E-state index in [9.17, 15) is 9.18 Å². The molecule has 3 aromatic rings. The van der Waals surface area contributed by atoms with E-state index in [1.807, 2.05) is 13.0 Å². The van der Waals surface area contributed by atoms with Gasteiger partial charge in [-0.3, -0.25) is 0 Å². The number of aromatic nitrogens is 2. The summed E-state index contributed by atoms with van der Waals surface area (Å²) in [4.78, 5) is 16.9.